The maximum atomic E-state index is 13.3. The van der Waals surface area contributed by atoms with Crippen LogP contribution in [-0.4, -0.2) is 26.6 Å². The van der Waals surface area contributed by atoms with Crippen molar-refractivity contribution in [2.45, 2.75) is 24.3 Å². The third-order valence-electron chi connectivity index (χ3n) is 4.94. The Morgan fingerprint density at radius 1 is 0.971 bits per heavy atom. The second kappa shape index (κ2) is 10.1. The minimum atomic E-state index is -0.562. The first-order chi connectivity index (χ1) is 16.3. The molecule has 1 unspecified atom stereocenters. The second-order valence-electron chi connectivity index (χ2n) is 7.54. The number of amides is 2. The molecule has 0 bridgehead atoms. The maximum Gasteiger partial charge on any atom is 0.266 e. The van der Waals surface area contributed by atoms with Crippen LogP contribution < -0.4 is 16.2 Å². The molecule has 3 aromatic carbocycles. The number of carbonyl (C=O) groups excluding carboxylic acids is 2. The average molecular weight is 493 g/mol. The van der Waals surface area contributed by atoms with Crippen LogP contribution in [0.1, 0.15) is 13.8 Å². The van der Waals surface area contributed by atoms with E-state index in [-0.39, 0.29) is 17.4 Å². The summed E-state index contributed by atoms with van der Waals surface area (Å²) in [6, 6.07) is 20.9. The average Bonchev–Trinajstić information content (AvgIpc) is 2.80. The SMILES string of the molecule is CC(=O)Nc1ccc(NC(=O)C(C)Sc2nc3ccccc3c(=O)n2-c2cccc(Cl)c2)cc1. The fourth-order valence-corrected chi connectivity index (χ4v) is 4.44. The molecule has 0 aliphatic rings. The van der Waals surface area contributed by atoms with E-state index in [0.717, 1.165) is 0 Å². The van der Waals surface area contributed by atoms with Crippen molar-refractivity contribution in [2.75, 3.05) is 10.6 Å². The molecule has 0 saturated carbocycles. The molecular weight excluding hydrogens is 472 g/mol. The van der Waals surface area contributed by atoms with E-state index in [1.807, 2.05) is 6.07 Å². The van der Waals surface area contributed by atoms with E-state index >= 15 is 0 Å². The zero-order valence-corrected chi connectivity index (χ0v) is 20.0. The quantitative estimate of drug-likeness (QED) is 0.288. The van der Waals surface area contributed by atoms with Gasteiger partial charge in [0, 0.05) is 23.3 Å². The summed E-state index contributed by atoms with van der Waals surface area (Å²) in [5, 5.41) is 6.32. The third-order valence-corrected chi connectivity index (χ3v) is 6.22. The van der Waals surface area contributed by atoms with Gasteiger partial charge >= 0.3 is 0 Å². The number of halogens is 1. The smallest absolute Gasteiger partial charge is 0.266 e. The van der Waals surface area contributed by atoms with E-state index in [2.05, 4.69) is 15.6 Å². The van der Waals surface area contributed by atoms with Crippen molar-refractivity contribution in [3.05, 3.63) is 88.2 Å². The number of aromatic nitrogens is 2. The highest BCUT2D eigenvalue weighted by atomic mass is 35.5. The van der Waals surface area contributed by atoms with Crippen molar-refractivity contribution in [3.63, 3.8) is 0 Å². The summed E-state index contributed by atoms with van der Waals surface area (Å²) in [6.07, 6.45) is 0. The zero-order chi connectivity index (χ0) is 24.2. The number of hydrogen-bond donors (Lipinski definition) is 2. The third kappa shape index (κ3) is 5.30. The van der Waals surface area contributed by atoms with Crippen LogP contribution in [0.5, 0.6) is 0 Å². The van der Waals surface area contributed by atoms with Crippen molar-refractivity contribution < 1.29 is 9.59 Å². The molecule has 9 heteroatoms. The summed E-state index contributed by atoms with van der Waals surface area (Å²) >= 11 is 7.35. The van der Waals surface area contributed by atoms with Crippen LogP contribution in [0.2, 0.25) is 5.02 Å². The molecule has 1 heterocycles. The summed E-state index contributed by atoms with van der Waals surface area (Å²) in [7, 11) is 0. The Morgan fingerprint density at radius 2 is 1.65 bits per heavy atom. The van der Waals surface area contributed by atoms with Crippen LogP contribution in [-0.2, 0) is 9.59 Å². The first-order valence-electron chi connectivity index (χ1n) is 10.4. The van der Waals surface area contributed by atoms with E-state index < -0.39 is 5.25 Å². The second-order valence-corrected chi connectivity index (χ2v) is 9.28. The molecule has 0 radical (unpaired) electrons. The fraction of sp³-hybridized carbons (Fsp3) is 0.120. The van der Waals surface area contributed by atoms with Crippen LogP contribution in [0.3, 0.4) is 0 Å². The highest BCUT2D eigenvalue weighted by Crippen LogP contribution is 2.27. The number of thioether (sulfide) groups is 1. The van der Waals surface area contributed by atoms with Crippen molar-refractivity contribution in [1.29, 1.82) is 0 Å². The van der Waals surface area contributed by atoms with E-state index in [1.54, 1.807) is 73.7 Å². The van der Waals surface area contributed by atoms with Gasteiger partial charge in [0.1, 0.15) is 0 Å². The molecule has 0 aliphatic heterocycles. The van der Waals surface area contributed by atoms with Gasteiger partial charge in [-0.1, -0.05) is 41.6 Å². The van der Waals surface area contributed by atoms with E-state index in [0.29, 0.717) is 38.1 Å². The molecular formula is C25H21ClN4O3S. The predicted molar refractivity (Wildman–Crippen MR) is 137 cm³/mol. The van der Waals surface area contributed by atoms with Crippen molar-refractivity contribution in [3.8, 4) is 5.69 Å². The lowest BCUT2D eigenvalue weighted by Crippen LogP contribution is -2.26. The summed E-state index contributed by atoms with van der Waals surface area (Å²) in [5.74, 6) is -0.423. The van der Waals surface area contributed by atoms with Gasteiger partial charge in [0.2, 0.25) is 11.8 Å². The molecule has 172 valence electrons. The molecule has 0 fully saturated rings. The van der Waals surface area contributed by atoms with Crippen molar-refractivity contribution in [2.24, 2.45) is 0 Å². The highest BCUT2D eigenvalue weighted by Gasteiger charge is 2.20. The summed E-state index contributed by atoms with van der Waals surface area (Å²) < 4.78 is 1.48. The lowest BCUT2D eigenvalue weighted by atomic mass is 10.2. The fourth-order valence-electron chi connectivity index (χ4n) is 3.33. The Morgan fingerprint density at radius 3 is 2.32 bits per heavy atom. The minimum Gasteiger partial charge on any atom is -0.326 e. The number of carbonyl (C=O) groups is 2. The normalized spacial score (nSPS) is 11.7. The van der Waals surface area contributed by atoms with Gasteiger partial charge in [-0.3, -0.25) is 19.0 Å². The molecule has 2 amide bonds. The highest BCUT2D eigenvalue weighted by molar-refractivity contribution is 8.00. The van der Waals surface area contributed by atoms with E-state index in [1.165, 1.54) is 23.3 Å². The van der Waals surface area contributed by atoms with Gasteiger partial charge in [-0.05, 0) is 61.5 Å². The molecule has 1 atom stereocenters. The molecule has 2 N–H and O–H groups in total. The molecule has 34 heavy (non-hydrogen) atoms. The van der Waals surface area contributed by atoms with Gasteiger partial charge in [0.25, 0.3) is 5.56 Å². The Kier molecular flexibility index (Phi) is 7.00. The molecule has 7 nitrogen and oxygen atoms in total. The number of rotatable bonds is 6. The van der Waals surface area contributed by atoms with Crippen LogP contribution in [0, 0.1) is 0 Å². The zero-order valence-electron chi connectivity index (χ0n) is 18.4. The lowest BCUT2D eigenvalue weighted by Gasteiger charge is -2.17. The van der Waals surface area contributed by atoms with Gasteiger partial charge in [0.15, 0.2) is 5.16 Å². The van der Waals surface area contributed by atoms with Crippen LogP contribution in [0.15, 0.2) is 82.7 Å². The number of anilines is 2. The van der Waals surface area contributed by atoms with Crippen LogP contribution in [0.25, 0.3) is 16.6 Å². The van der Waals surface area contributed by atoms with Gasteiger partial charge in [-0.2, -0.15) is 0 Å². The molecule has 4 aromatic rings. The standard InChI is InChI=1S/C25H21ClN4O3S/c1-15(23(32)28-19-12-10-18(11-13-19)27-16(2)31)34-25-29-22-9-4-3-8-21(22)24(33)30(25)20-7-5-6-17(26)14-20/h3-15H,1-2H3,(H,27,31)(H,28,32). The Bertz CT molecular complexity index is 1440. The number of nitrogens with one attached hydrogen (secondary N) is 2. The first-order valence-corrected chi connectivity index (χ1v) is 11.7. The van der Waals surface area contributed by atoms with Crippen LogP contribution in [0.4, 0.5) is 11.4 Å². The first kappa shape index (κ1) is 23.5. The van der Waals surface area contributed by atoms with Crippen molar-refractivity contribution in [1.82, 2.24) is 9.55 Å². The van der Waals surface area contributed by atoms with E-state index in [4.69, 9.17) is 11.6 Å². The lowest BCUT2D eigenvalue weighted by molar-refractivity contribution is -0.115. The monoisotopic (exact) mass is 492 g/mol. The summed E-state index contributed by atoms with van der Waals surface area (Å²) in [6.45, 7) is 3.17. The molecule has 0 spiro atoms. The van der Waals surface area contributed by atoms with E-state index in [9.17, 15) is 14.4 Å². The Labute approximate surface area is 205 Å². The number of benzene rings is 3. The number of hydrogen-bond acceptors (Lipinski definition) is 5. The number of fused-ring (bicyclic) bond motifs is 1. The summed E-state index contributed by atoms with van der Waals surface area (Å²) in [4.78, 5) is 42.1. The molecule has 1 aromatic heterocycles. The van der Waals surface area contributed by atoms with Gasteiger partial charge in [0.05, 0.1) is 21.8 Å². The molecule has 0 aliphatic carbocycles. The molecule has 0 saturated heterocycles. The largest absolute Gasteiger partial charge is 0.326 e. The van der Waals surface area contributed by atoms with Crippen LogP contribution >= 0.6 is 23.4 Å². The molecule has 4 rings (SSSR count). The summed E-state index contributed by atoms with van der Waals surface area (Å²) in [5.41, 5.74) is 2.11. The topological polar surface area (TPSA) is 93.1 Å². The number of para-hydroxylation sites is 1. The van der Waals surface area contributed by atoms with Gasteiger partial charge in [-0.15, -0.1) is 0 Å². The Balaban J connectivity index is 1.63. The van der Waals surface area contributed by atoms with Crippen molar-refractivity contribution >= 4 is 57.5 Å². The Hall–Kier alpha value is -3.62. The maximum absolute atomic E-state index is 13.3. The minimum absolute atomic E-state index is 0.171. The van der Waals surface area contributed by atoms with Gasteiger partial charge < -0.3 is 10.6 Å². The van der Waals surface area contributed by atoms with Gasteiger partial charge in [-0.25, -0.2) is 4.98 Å². The number of nitrogens with zero attached hydrogens (tertiary/aromatic N) is 2. The predicted octanol–water partition coefficient (Wildman–Crippen LogP) is 5.12.